The first kappa shape index (κ1) is 8.95. The van der Waals surface area contributed by atoms with E-state index < -0.39 is 0 Å². The van der Waals surface area contributed by atoms with Gasteiger partial charge in [-0.1, -0.05) is 6.42 Å². The van der Waals surface area contributed by atoms with E-state index in [1.807, 2.05) is 0 Å². The van der Waals surface area contributed by atoms with Crippen molar-refractivity contribution in [2.24, 2.45) is 7.05 Å². The third-order valence-electron chi connectivity index (χ3n) is 2.73. The second-order valence-electron chi connectivity index (χ2n) is 3.67. The highest BCUT2D eigenvalue weighted by molar-refractivity contribution is 5.33. The molecule has 1 aliphatic carbocycles. The Kier molecular flexibility index (Phi) is 2.08. The molecule has 1 aromatic heterocycles. The minimum Gasteiger partial charge on any atom is -0.301 e. The van der Waals surface area contributed by atoms with Crippen molar-refractivity contribution in [1.82, 2.24) is 9.55 Å². The standard InChI is InChI=1S/C10H11N3O/c1-13-6-8(5-11)9(12-10(13)14)7-3-2-4-7/h6-7H,2-4H2,1H3. The van der Waals surface area contributed by atoms with E-state index >= 15 is 0 Å². The fourth-order valence-electron chi connectivity index (χ4n) is 1.64. The van der Waals surface area contributed by atoms with Gasteiger partial charge in [-0.15, -0.1) is 0 Å². The summed E-state index contributed by atoms with van der Waals surface area (Å²) >= 11 is 0. The topological polar surface area (TPSA) is 58.7 Å². The lowest BCUT2D eigenvalue weighted by Gasteiger charge is -2.25. The molecule has 0 amide bonds. The van der Waals surface area contributed by atoms with Gasteiger partial charge in [0.15, 0.2) is 0 Å². The third-order valence-corrected chi connectivity index (χ3v) is 2.73. The third kappa shape index (κ3) is 1.31. The van der Waals surface area contributed by atoms with Crippen LogP contribution in [-0.4, -0.2) is 9.55 Å². The van der Waals surface area contributed by atoms with Crippen LogP contribution in [0.25, 0.3) is 0 Å². The minimum absolute atomic E-state index is 0.272. The molecule has 1 aliphatic rings. The molecule has 0 saturated heterocycles. The molecule has 0 aromatic carbocycles. The number of aryl methyl sites for hydroxylation is 1. The molecular formula is C10H11N3O. The molecule has 1 fully saturated rings. The van der Waals surface area contributed by atoms with Crippen LogP contribution in [0.2, 0.25) is 0 Å². The van der Waals surface area contributed by atoms with Crippen LogP contribution in [0.1, 0.15) is 36.4 Å². The smallest absolute Gasteiger partial charge is 0.301 e. The van der Waals surface area contributed by atoms with E-state index in [9.17, 15) is 4.79 Å². The Morgan fingerprint density at radius 3 is 2.86 bits per heavy atom. The summed E-state index contributed by atoms with van der Waals surface area (Å²) in [5.74, 6) is 0.332. The monoisotopic (exact) mass is 189 g/mol. The average Bonchev–Trinajstić information content (AvgIpc) is 2.08. The van der Waals surface area contributed by atoms with Crippen molar-refractivity contribution in [2.45, 2.75) is 25.2 Å². The molecule has 0 bridgehead atoms. The molecule has 14 heavy (non-hydrogen) atoms. The first-order chi connectivity index (χ1) is 6.72. The van der Waals surface area contributed by atoms with E-state index in [1.165, 1.54) is 11.0 Å². The molecule has 2 rings (SSSR count). The highest BCUT2D eigenvalue weighted by atomic mass is 16.1. The maximum Gasteiger partial charge on any atom is 0.347 e. The van der Waals surface area contributed by atoms with Crippen molar-refractivity contribution >= 4 is 0 Å². The van der Waals surface area contributed by atoms with Gasteiger partial charge in [-0.05, 0) is 12.8 Å². The second kappa shape index (κ2) is 3.26. The molecule has 1 saturated carbocycles. The predicted molar refractivity (Wildman–Crippen MR) is 50.8 cm³/mol. The lowest BCUT2D eigenvalue weighted by molar-refractivity contribution is 0.407. The molecule has 1 heterocycles. The molecule has 0 spiro atoms. The summed E-state index contributed by atoms with van der Waals surface area (Å²) in [6, 6.07) is 2.09. The maximum absolute atomic E-state index is 11.3. The molecule has 72 valence electrons. The number of nitriles is 1. The summed E-state index contributed by atoms with van der Waals surface area (Å²) in [5.41, 5.74) is 0.963. The van der Waals surface area contributed by atoms with Crippen LogP contribution in [0.3, 0.4) is 0 Å². The SMILES string of the molecule is Cn1cc(C#N)c(C2CCC2)nc1=O. The number of aromatic nitrogens is 2. The fourth-order valence-corrected chi connectivity index (χ4v) is 1.64. The molecule has 4 heteroatoms. The van der Waals surface area contributed by atoms with E-state index in [0.717, 1.165) is 12.8 Å². The number of rotatable bonds is 1. The molecule has 1 aromatic rings. The maximum atomic E-state index is 11.3. The summed E-state index contributed by atoms with van der Waals surface area (Å²) in [7, 11) is 1.61. The molecule has 4 nitrogen and oxygen atoms in total. The van der Waals surface area contributed by atoms with Gasteiger partial charge in [0.25, 0.3) is 0 Å². The van der Waals surface area contributed by atoms with Gasteiger partial charge in [0, 0.05) is 19.2 Å². The summed E-state index contributed by atoms with van der Waals surface area (Å²) < 4.78 is 1.35. The van der Waals surface area contributed by atoms with Gasteiger partial charge in [-0.3, -0.25) is 0 Å². The van der Waals surface area contributed by atoms with Crippen LogP contribution in [0, 0.1) is 11.3 Å². The minimum atomic E-state index is -0.272. The van der Waals surface area contributed by atoms with E-state index in [0.29, 0.717) is 17.2 Å². The van der Waals surface area contributed by atoms with Crippen molar-refractivity contribution in [3.63, 3.8) is 0 Å². The lowest BCUT2D eigenvalue weighted by Crippen LogP contribution is -2.25. The molecule has 0 radical (unpaired) electrons. The van der Waals surface area contributed by atoms with E-state index in [1.54, 1.807) is 13.2 Å². The van der Waals surface area contributed by atoms with E-state index in [4.69, 9.17) is 5.26 Å². The van der Waals surface area contributed by atoms with Gasteiger partial charge in [0.1, 0.15) is 6.07 Å². The van der Waals surface area contributed by atoms with Gasteiger partial charge >= 0.3 is 5.69 Å². The van der Waals surface area contributed by atoms with Crippen LogP contribution >= 0.6 is 0 Å². The summed E-state index contributed by atoms with van der Waals surface area (Å²) in [5, 5.41) is 8.90. The molecule has 0 aliphatic heterocycles. The predicted octanol–water partition coefficient (Wildman–Crippen LogP) is 0.919. The zero-order valence-electron chi connectivity index (χ0n) is 8.03. The average molecular weight is 189 g/mol. The van der Waals surface area contributed by atoms with Crippen molar-refractivity contribution < 1.29 is 0 Å². The molecule has 0 N–H and O–H groups in total. The highest BCUT2D eigenvalue weighted by Crippen LogP contribution is 2.35. The van der Waals surface area contributed by atoms with Crippen LogP contribution < -0.4 is 5.69 Å². The Bertz CT molecular complexity index is 451. The van der Waals surface area contributed by atoms with Gasteiger partial charge in [-0.2, -0.15) is 10.2 Å². The first-order valence-electron chi connectivity index (χ1n) is 4.70. The Morgan fingerprint density at radius 1 is 1.64 bits per heavy atom. The Labute approximate surface area is 81.8 Å². The summed E-state index contributed by atoms with van der Waals surface area (Å²) in [6.45, 7) is 0. The Morgan fingerprint density at radius 2 is 2.36 bits per heavy atom. The molecule has 0 atom stereocenters. The second-order valence-corrected chi connectivity index (χ2v) is 3.67. The number of hydrogen-bond donors (Lipinski definition) is 0. The van der Waals surface area contributed by atoms with Crippen LogP contribution in [-0.2, 0) is 7.05 Å². The largest absolute Gasteiger partial charge is 0.347 e. The fraction of sp³-hybridized carbons (Fsp3) is 0.500. The van der Waals surface area contributed by atoms with Crippen LogP contribution in [0.5, 0.6) is 0 Å². The Hall–Kier alpha value is -1.63. The van der Waals surface area contributed by atoms with Crippen molar-refractivity contribution in [2.75, 3.05) is 0 Å². The lowest BCUT2D eigenvalue weighted by atomic mass is 9.81. The molecular weight excluding hydrogens is 178 g/mol. The van der Waals surface area contributed by atoms with Gasteiger partial charge in [0.05, 0.1) is 11.3 Å². The van der Waals surface area contributed by atoms with Crippen molar-refractivity contribution in [1.29, 1.82) is 5.26 Å². The number of hydrogen-bond acceptors (Lipinski definition) is 3. The highest BCUT2D eigenvalue weighted by Gasteiger charge is 2.24. The van der Waals surface area contributed by atoms with E-state index in [-0.39, 0.29) is 5.69 Å². The normalized spacial score (nSPS) is 16.0. The number of nitrogens with zero attached hydrogens (tertiary/aromatic N) is 3. The van der Waals surface area contributed by atoms with Gasteiger partial charge in [-0.25, -0.2) is 4.79 Å². The zero-order chi connectivity index (χ0) is 10.1. The van der Waals surface area contributed by atoms with Gasteiger partial charge in [0.2, 0.25) is 0 Å². The van der Waals surface area contributed by atoms with Gasteiger partial charge < -0.3 is 4.57 Å². The zero-order valence-corrected chi connectivity index (χ0v) is 8.03. The van der Waals surface area contributed by atoms with Crippen molar-refractivity contribution in [3.8, 4) is 6.07 Å². The van der Waals surface area contributed by atoms with Crippen LogP contribution in [0.4, 0.5) is 0 Å². The quantitative estimate of drug-likeness (QED) is 0.660. The molecule has 0 unspecified atom stereocenters. The first-order valence-corrected chi connectivity index (χ1v) is 4.70. The van der Waals surface area contributed by atoms with E-state index in [2.05, 4.69) is 11.1 Å². The van der Waals surface area contributed by atoms with Crippen LogP contribution in [0.15, 0.2) is 11.0 Å². The summed E-state index contributed by atoms with van der Waals surface area (Å²) in [4.78, 5) is 15.2. The Balaban J connectivity index is 2.52. The van der Waals surface area contributed by atoms with Crippen molar-refractivity contribution in [3.05, 3.63) is 27.9 Å². The summed E-state index contributed by atoms with van der Waals surface area (Å²) in [6.07, 6.45) is 4.85.